The predicted molar refractivity (Wildman–Crippen MR) is 57.5 cm³/mol. The summed E-state index contributed by atoms with van der Waals surface area (Å²) in [7, 11) is 0. The van der Waals surface area contributed by atoms with Crippen LogP contribution in [0.5, 0.6) is 0 Å². The van der Waals surface area contributed by atoms with Gasteiger partial charge in [0.2, 0.25) is 0 Å². The van der Waals surface area contributed by atoms with Crippen molar-refractivity contribution in [3.05, 3.63) is 35.4 Å². The van der Waals surface area contributed by atoms with Gasteiger partial charge in [0.05, 0.1) is 11.7 Å². The number of alkyl halides is 3. The maximum Gasteiger partial charge on any atom is 0.416 e. The Morgan fingerprint density at radius 3 is 2.18 bits per heavy atom. The van der Waals surface area contributed by atoms with Crippen LogP contribution in [0.25, 0.3) is 0 Å². The number of halogens is 3. The lowest BCUT2D eigenvalue weighted by Crippen LogP contribution is -2.11. The molecule has 5 heteroatoms. The van der Waals surface area contributed by atoms with Gasteiger partial charge >= 0.3 is 6.18 Å². The first-order valence-electron chi connectivity index (χ1n) is 5.38. The molecule has 1 aromatic carbocycles. The zero-order valence-corrected chi connectivity index (χ0v) is 9.24. The molecular formula is C12H15F3O2. The van der Waals surface area contributed by atoms with Crippen molar-refractivity contribution < 1.29 is 23.4 Å². The topological polar surface area (TPSA) is 40.5 Å². The number of rotatable bonds is 5. The van der Waals surface area contributed by atoms with Gasteiger partial charge in [0.25, 0.3) is 0 Å². The Balaban J connectivity index is 2.56. The lowest BCUT2D eigenvalue weighted by Gasteiger charge is -2.11. The van der Waals surface area contributed by atoms with E-state index in [4.69, 9.17) is 5.11 Å². The molecule has 0 saturated carbocycles. The molecule has 96 valence electrons. The smallest absolute Gasteiger partial charge is 0.396 e. The average Bonchev–Trinajstić information content (AvgIpc) is 2.26. The van der Waals surface area contributed by atoms with Gasteiger partial charge in [-0.3, -0.25) is 0 Å². The van der Waals surface area contributed by atoms with Crippen LogP contribution in [0.2, 0.25) is 0 Å². The Morgan fingerprint density at radius 1 is 1.12 bits per heavy atom. The molecule has 0 fully saturated rings. The van der Waals surface area contributed by atoms with Crippen molar-refractivity contribution >= 4 is 0 Å². The number of hydrogen-bond acceptors (Lipinski definition) is 2. The Bertz CT molecular complexity index is 333. The summed E-state index contributed by atoms with van der Waals surface area (Å²) in [6, 6.07) is 4.75. The van der Waals surface area contributed by atoms with Crippen LogP contribution < -0.4 is 0 Å². The Kier molecular flexibility index (Phi) is 4.96. The van der Waals surface area contributed by atoms with Crippen molar-refractivity contribution in [1.29, 1.82) is 0 Å². The molecule has 0 bridgehead atoms. The van der Waals surface area contributed by atoms with Gasteiger partial charge in [-0.2, -0.15) is 13.2 Å². The second-order valence-corrected chi connectivity index (χ2v) is 3.92. The molecule has 2 N–H and O–H groups in total. The molecule has 0 radical (unpaired) electrons. The maximum absolute atomic E-state index is 12.3. The van der Waals surface area contributed by atoms with Crippen LogP contribution in [0.15, 0.2) is 24.3 Å². The molecule has 0 spiro atoms. The molecule has 0 aliphatic rings. The molecule has 1 atom stereocenters. The van der Waals surface area contributed by atoms with Gasteiger partial charge in [-0.1, -0.05) is 12.1 Å². The first-order chi connectivity index (χ1) is 7.93. The summed E-state index contributed by atoms with van der Waals surface area (Å²) in [5, 5.41) is 18.1. The fourth-order valence-corrected chi connectivity index (χ4v) is 1.53. The first-order valence-corrected chi connectivity index (χ1v) is 5.38. The van der Waals surface area contributed by atoms with Crippen molar-refractivity contribution in [2.24, 2.45) is 0 Å². The number of aliphatic hydroxyl groups is 2. The van der Waals surface area contributed by atoms with Gasteiger partial charge in [-0.25, -0.2) is 0 Å². The molecule has 1 unspecified atom stereocenters. The fourth-order valence-electron chi connectivity index (χ4n) is 1.53. The Morgan fingerprint density at radius 2 is 1.71 bits per heavy atom. The van der Waals surface area contributed by atoms with Crippen molar-refractivity contribution in [2.45, 2.75) is 31.5 Å². The average molecular weight is 248 g/mol. The number of aliphatic hydroxyl groups excluding tert-OH is 2. The van der Waals surface area contributed by atoms with Gasteiger partial charge in [0, 0.05) is 6.61 Å². The molecule has 0 aliphatic carbocycles. The lowest BCUT2D eigenvalue weighted by molar-refractivity contribution is -0.137. The number of benzene rings is 1. The maximum atomic E-state index is 12.3. The second-order valence-electron chi connectivity index (χ2n) is 3.92. The summed E-state index contributed by atoms with van der Waals surface area (Å²) in [5.41, 5.74) is -0.0328. The van der Waals surface area contributed by atoms with Crippen molar-refractivity contribution in [2.75, 3.05) is 6.61 Å². The SMILES string of the molecule is OCCCC(O)Cc1ccc(C(F)(F)F)cc1. The van der Waals surface area contributed by atoms with Gasteiger partial charge in [0.1, 0.15) is 0 Å². The molecule has 0 aromatic heterocycles. The van der Waals surface area contributed by atoms with Crippen molar-refractivity contribution in [3.63, 3.8) is 0 Å². The highest BCUT2D eigenvalue weighted by atomic mass is 19.4. The minimum atomic E-state index is -4.33. The van der Waals surface area contributed by atoms with E-state index in [9.17, 15) is 18.3 Å². The highest BCUT2D eigenvalue weighted by Gasteiger charge is 2.29. The van der Waals surface area contributed by atoms with Crippen LogP contribution in [0.1, 0.15) is 24.0 Å². The normalized spacial score (nSPS) is 13.7. The molecule has 1 rings (SSSR count). The number of hydrogen-bond donors (Lipinski definition) is 2. The molecular weight excluding hydrogens is 233 g/mol. The largest absolute Gasteiger partial charge is 0.416 e. The van der Waals surface area contributed by atoms with Crippen LogP contribution in [-0.2, 0) is 12.6 Å². The lowest BCUT2D eigenvalue weighted by atomic mass is 10.0. The Labute approximate surface area is 97.7 Å². The van der Waals surface area contributed by atoms with Crippen LogP contribution in [0.3, 0.4) is 0 Å². The van der Waals surface area contributed by atoms with E-state index in [1.165, 1.54) is 12.1 Å². The molecule has 2 nitrogen and oxygen atoms in total. The zero-order chi connectivity index (χ0) is 12.9. The standard InChI is InChI=1S/C12H15F3O2/c13-12(14,15)10-5-3-9(4-6-10)8-11(17)2-1-7-16/h3-6,11,16-17H,1-2,7-8H2. The van der Waals surface area contributed by atoms with Crippen LogP contribution >= 0.6 is 0 Å². The Hall–Kier alpha value is -1.07. The summed E-state index contributed by atoms with van der Waals surface area (Å²) >= 11 is 0. The molecule has 0 aliphatic heterocycles. The predicted octanol–water partition coefficient (Wildman–Crippen LogP) is 2.38. The quantitative estimate of drug-likeness (QED) is 0.840. The van der Waals surface area contributed by atoms with E-state index in [1.54, 1.807) is 0 Å². The molecule has 0 heterocycles. The third-order valence-corrected chi connectivity index (χ3v) is 2.45. The third kappa shape index (κ3) is 4.75. The summed E-state index contributed by atoms with van der Waals surface area (Å²) < 4.78 is 36.8. The zero-order valence-electron chi connectivity index (χ0n) is 9.24. The monoisotopic (exact) mass is 248 g/mol. The fraction of sp³-hybridized carbons (Fsp3) is 0.500. The highest BCUT2D eigenvalue weighted by Crippen LogP contribution is 2.29. The molecule has 17 heavy (non-hydrogen) atoms. The summed E-state index contributed by atoms with van der Waals surface area (Å²) in [5.74, 6) is 0. The highest BCUT2D eigenvalue weighted by molar-refractivity contribution is 5.24. The summed E-state index contributed by atoms with van der Waals surface area (Å²) in [6.07, 6.45) is -3.72. The second kappa shape index (κ2) is 6.02. The summed E-state index contributed by atoms with van der Waals surface area (Å²) in [6.45, 7) is 0.00404. The van der Waals surface area contributed by atoms with E-state index >= 15 is 0 Å². The minimum absolute atomic E-state index is 0.00404. The first kappa shape index (κ1) is 14.0. The third-order valence-electron chi connectivity index (χ3n) is 2.45. The molecule has 1 aromatic rings. The van der Waals surface area contributed by atoms with Crippen molar-refractivity contribution in [3.8, 4) is 0 Å². The van der Waals surface area contributed by atoms with E-state index in [2.05, 4.69) is 0 Å². The van der Waals surface area contributed by atoms with Crippen LogP contribution in [-0.4, -0.2) is 22.9 Å². The van der Waals surface area contributed by atoms with Crippen molar-refractivity contribution in [1.82, 2.24) is 0 Å². The van der Waals surface area contributed by atoms with Crippen LogP contribution in [0.4, 0.5) is 13.2 Å². The van der Waals surface area contributed by atoms with E-state index < -0.39 is 17.8 Å². The van der Waals surface area contributed by atoms with Gasteiger partial charge in [-0.05, 0) is 37.0 Å². The van der Waals surface area contributed by atoms with Gasteiger partial charge in [0.15, 0.2) is 0 Å². The summed E-state index contributed by atoms with van der Waals surface area (Å²) in [4.78, 5) is 0. The van der Waals surface area contributed by atoms with E-state index in [0.717, 1.165) is 12.1 Å². The molecule has 0 amide bonds. The van der Waals surface area contributed by atoms with E-state index in [1.807, 2.05) is 0 Å². The minimum Gasteiger partial charge on any atom is -0.396 e. The molecule has 0 saturated heterocycles. The van der Waals surface area contributed by atoms with E-state index in [0.29, 0.717) is 24.8 Å². The van der Waals surface area contributed by atoms with Gasteiger partial charge in [-0.15, -0.1) is 0 Å². The van der Waals surface area contributed by atoms with Gasteiger partial charge < -0.3 is 10.2 Å². The van der Waals surface area contributed by atoms with Crippen LogP contribution in [0, 0.1) is 0 Å². The van der Waals surface area contributed by atoms with E-state index in [-0.39, 0.29) is 6.61 Å².